The number of fused-ring (bicyclic) bond motifs is 1. The summed E-state index contributed by atoms with van der Waals surface area (Å²) in [5.74, 6) is 2.11. The summed E-state index contributed by atoms with van der Waals surface area (Å²) in [6.07, 6.45) is 0. The first-order valence-corrected chi connectivity index (χ1v) is 5.52. The second-order valence-electron chi connectivity index (χ2n) is 3.52. The van der Waals surface area contributed by atoms with E-state index in [1.807, 2.05) is 30.3 Å². The Morgan fingerprint density at radius 3 is 2.50 bits per heavy atom. The fraction of sp³-hybridized carbons (Fsp3) is 0.231. The third-order valence-corrected chi connectivity index (χ3v) is 2.87. The van der Waals surface area contributed by atoms with E-state index in [9.17, 15) is 0 Å². The van der Waals surface area contributed by atoms with Gasteiger partial charge >= 0.3 is 0 Å². The van der Waals surface area contributed by atoms with Crippen molar-refractivity contribution in [3.8, 4) is 11.5 Å². The molecule has 2 aromatic rings. The van der Waals surface area contributed by atoms with E-state index in [1.165, 1.54) is 0 Å². The molecule has 0 spiro atoms. The van der Waals surface area contributed by atoms with E-state index < -0.39 is 0 Å². The van der Waals surface area contributed by atoms with Gasteiger partial charge in [0.2, 0.25) is 0 Å². The molecule has 3 heteroatoms. The molecule has 0 radical (unpaired) electrons. The Bertz CT molecular complexity index is 509. The van der Waals surface area contributed by atoms with E-state index in [-0.39, 0.29) is 0 Å². The molecule has 2 nitrogen and oxygen atoms in total. The van der Waals surface area contributed by atoms with E-state index >= 15 is 0 Å². The third-order valence-electron chi connectivity index (χ3n) is 2.56. The highest BCUT2D eigenvalue weighted by Crippen LogP contribution is 2.31. The van der Waals surface area contributed by atoms with Gasteiger partial charge in [-0.2, -0.15) is 0 Å². The highest BCUT2D eigenvalue weighted by molar-refractivity contribution is 6.17. The van der Waals surface area contributed by atoms with Crippen LogP contribution in [0.3, 0.4) is 0 Å². The van der Waals surface area contributed by atoms with Crippen molar-refractivity contribution >= 4 is 22.4 Å². The zero-order valence-electron chi connectivity index (χ0n) is 9.29. The molecule has 0 aliphatic rings. The topological polar surface area (TPSA) is 18.5 Å². The first kappa shape index (κ1) is 11.1. The van der Waals surface area contributed by atoms with E-state index in [0.29, 0.717) is 5.88 Å². The number of halogens is 1. The van der Waals surface area contributed by atoms with Crippen molar-refractivity contribution in [1.29, 1.82) is 0 Å². The number of methoxy groups -OCH3 is 2. The maximum absolute atomic E-state index is 5.82. The van der Waals surface area contributed by atoms with Crippen molar-refractivity contribution in [1.82, 2.24) is 0 Å². The van der Waals surface area contributed by atoms with Crippen LogP contribution in [-0.4, -0.2) is 14.2 Å². The fourth-order valence-electron chi connectivity index (χ4n) is 1.71. The highest BCUT2D eigenvalue weighted by atomic mass is 35.5. The summed E-state index contributed by atoms with van der Waals surface area (Å²) in [6.45, 7) is 0. The minimum absolute atomic E-state index is 0.505. The molecule has 2 aromatic carbocycles. The highest BCUT2D eigenvalue weighted by Gasteiger charge is 2.05. The molecule has 0 bridgehead atoms. The van der Waals surface area contributed by atoms with Crippen molar-refractivity contribution in [3.63, 3.8) is 0 Å². The first-order chi connectivity index (χ1) is 7.78. The van der Waals surface area contributed by atoms with Gasteiger partial charge in [-0.25, -0.2) is 0 Å². The average Bonchev–Trinajstić information content (AvgIpc) is 2.36. The normalized spacial score (nSPS) is 10.4. The molecule has 84 valence electrons. The Morgan fingerprint density at radius 2 is 1.88 bits per heavy atom. The number of alkyl halides is 1. The number of hydrogen-bond donors (Lipinski definition) is 0. The Kier molecular flexibility index (Phi) is 3.20. The van der Waals surface area contributed by atoms with E-state index in [2.05, 4.69) is 0 Å². The van der Waals surface area contributed by atoms with Crippen molar-refractivity contribution in [3.05, 3.63) is 35.9 Å². The Hall–Kier alpha value is -1.41. The second kappa shape index (κ2) is 4.62. The molecular formula is C13H13ClO2. The molecule has 0 aliphatic heterocycles. The fourth-order valence-corrected chi connectivity index (χ4v) is 1.88. The van der Waals surface area contributed by atoms with Crippen LogP contribution in [0.5, 0.6) is 11.5 Å². The van der Waals surface area contributed by atoms with Crippen molar-refractivity contribution in [2.75, 3.05) is 14.2 Å². The van der Waals surface area contributed by atoms with Gasteiger partial charge in [-0.1, -0.05) is 12.1 Å². The summed E-state index contributed by atoms with van der Waals surface area (Å²) in [4.78, 5) is 0. The summed E-state index contributed by atoms with van der Waals surface area (Å²) >= 11 is 5.82. The van der Waals surface area contributed by atoms with Crippen LogP contribution in [-0.2, 0) is 5.88 Å². The standard InChI is InChI=1S/C13H13ClO2/c1-15-11-6-10-4-3-9(8-14)5-12(10)13(7-11)16-2/h3-7H,8H2,1-2H3. The monoisotopic (exact) mass is 236 g/mol. The Labute approximate surface area is 99.7 Å². The lowest BCUT2D eigenvalue weighted by Crippen LogP contribution is -1.89. The zero-order chi connectivity index (χ0) is 11.5. The van der Waals surface area contributed by atoms with Crippen LogP contribution in [0.4, 0.5) is 0 Å². The van der Waals surface area contributed by atoms with Gasteiger partial charge in [0.1, 0.15) is 11.5 Å². The number of ether oxygens (including phenoxy) is 2. The SMILES string of the molecule is COc1cc(OC)c2cc(CCl)ccc2c1. The second-order valence-corrected chi connectivity index (χ2v) is 3.79. The van der Waals surface area contributed by atoms with Crippen LogP contribution in [0.1, 0.15) is 5.56 Å². The molecule has 0 aromatic heterocycles. The van der Waals surface area contributed by atoms with Crippen molar-refractivity contribution < 1.29 is 9.47 Å². The van der Waals surface area contributed by atoms with Gasteiger partial charge in [-0.05, 0) is 23.1 Å². The van der Waals surface area contributed by atoms with Gasteiger partial charge < -0.3 is 9.47 Å². The maximum Gasteiger partial charge on any atom is 0.130 e. The number of hydrogen-bond acceptors (Lipinski definition) is 2. The van der Waals surface area contributed by atoms with Gasteiger partial charge in [0.05, 0.1) is 14.2 Å². The minimum atomic E-state index is 0.505. The smallest absolute Gasteiger partial charge is 0.130 e. The van der Waals surface area contributed by atoms with E-state index in [4.69, 9.17) is 21.1 Å². The minimum Gasteiger partial charge on any atom is -0.497 e. The molecular weight excluding hydrogens is 224 g/mol. The summed E-state index contributed by atoms with van der Waals surface area (Å²) < 4.78 is 10.6. The third kappa shape index (κ3) is 1.93. The zero-order valence-corrected chi connectivity index (χ0v) is 10.0. The van der Waals surface area contributed by atoms with Gasteiger partial charge in [0.15, 0.2) is 0 Å². The Balaban J connectivity index is 2.69. The van der Waals surface area contributed by atoms with Crippen LogP contribution in [0.2, 0.25) is 0 Å². The molecule has 0 saturated heterocycles. The molecule has 0 fully saturated rings. The molecule has 2 rings (SSSR count). The molecule has 0 unspecified atom stereocenters. The molecule has 16 heavy (non-hydrogen) atoms. The lowest BCUT2D eigenvalue weighted by molar-refractivity contribution is 0.398. The molecule has 0 aliphatic carbocycles. The van der Waals surface area contributed by atoms with Gasteiger partial charge in [0.25, 0.3) is 0 Å². The number of benzene rings is 2. The molecule has 0 heterocycles. The predicted octanol–water partition coefficient (Wildman–Crippen LogP) is 3.60. The quantitative estimate of drug-likeness (QED) is 0.759. The summed E-state index contributed by atoms with van der Waals surface area (Å²) in [6, 6.07) is 9.93. The van der Waals surface area contributed by atoms with Gasteiger partial charge in [-0.15, -0.1) is 11.6 Å². The van der Waals surface area contributed by atoms with Crippen LogP contribution >= 0.6 is 11.6 Å². The first-order valence-electron chi connectivity index (χ1n) is 4.99. The average molecular weight is 237 g/mol. The maximum atomic E-state index is 5.82. The summed E-state index contributed by atoms with van der Waals surface area (Å²) in [7, 11) is 3.30. The predicted molar refractivity (Wildman–Crippen MR) is 66.6 cm³/mol. The van der Waals surface area contributed by atoms with Gasteiger partial charge in [0, 0.05) is 17.3 Å². The molecule has 0 amide bonds. The van der Waals surface area contributed by atoms with E-state index in [1.54, 1.807) is 14.2 Å². The van der Waals surface area contributed by atoms with Gasteiger partial charge in [-0.3, -0.25) is 0 Å². The van der Waals surface area contributed by atoms with Crippen LogP contribution < -0.4 is 9.47 Å². The van der Waals surface area contributed by atoms with Crippen LogP contribution in [0.15, 0.2) is 30.3 Å². The molecule has 0 N–H and O–H groups in total. The largest absolute Gasteiger partial charge is 0.497 e. The van der Waals surface area contributed by atoms with Crippen LogP contribution in [0.25, 0.3) is 10.8 Å². The Morgan fingerprint density at radius 1 is 1.06 bits per heavy atom. The van der Waals surface area contributed by atoms with Crippen molar-refractivity contribution in [2.45, 2.75) is 5.88 Å². The molecule has 0 atom stereocenters. The van der Waals surface area contributed by atoms with Crippen LogP contribution in [0, 0.1) is 0 Å². The van der Waals surface area contributed by atoms with E-state index in [0.717, 1.165) is 27.8 Å². The number of rotatable bonds is 3. The lowest BCUT2D eigenvalue weighted by atomic mass is 10.1. The lowest BCUT2D eigenvalue weighted by Gasteiger charge is -2.09. The molecule has 0 saturated carbocycles. The summed E-state index contributed by atoms with van der Waals surface area (Å²) in [5, 5.41) is 2.14. The van der Waals surface area contributed by atoms with Crippen molar-refractivity contribution in [2.24, 2.45) is 0 Å². The summed E-state index contributed by atoms with van der Waals surface area (Å²) in [5.41, 5.74) is 1.08.